The first-order valence-corrected chi connectivity index (χ1v) is 15.8. The van der Waals surface area contributed by atoms with Crippen LogP contribution in [0.25, 0.3) is 22.3 Å². The van der Waals surface area contributed by atoms with E-state index in [-0.39, 0.29) is 24.0 Å². The van der Waals surface area contributed by atoms with Crippen molar-refractivity contribution in [2.45, 2.75) is 83.9 Å². The number of nitrogens with one attached hydrogen (secondary N) is 2. The SMILES string of the molecule is CC(C)(C)OC(=O)NC(C)(C)c1ccc(-c2cnc(NC(=O)CC3CCC(N4CCOC4=O)CC3)cc2-c2ccccc2)cc1. The Labute approximate surface area is 265 Å². The van der Waals surface area contributed by atoms with Crippen LogP contribution in [-0.4, -0.2) is 52.8 Å². The van der Waals surface area contributed by atoms with Crippen LogP contribution in [0.4, 0.5) is 15.4 Å². The van der Waals surface area contributed by atoms with Crippen LogP contribution in [0.3, 0.4) is 0 Å². The molecule has 0 spiro atoms. The van der Waals surface area contributed by atoms with Gasteiger partial charge in [0, 0.05) is 24.2 Å². The van der Waals surface area contributed by atoms with Crippen molar-refractivity contribution in [3.8, 4) is 22.3 Å². The summed E-state index contributed by atoms with van der Waals surface area (Å²) >= 11 is 0. The van der Waals surface area contributed by atoms with Crippen molar-refractivity contribution < 1.29 is 23.9 Å². The third-order valence-corrected chi connectivity index (χ3v) is 8.51. The van der Waals surface area contributed by atoms with Crippen LogP contribution < -0.4 is 10.6 Å². The second-order valence-corrected chi connectivity index (χ2v) is 13.5. The lowest BCUT2D eigenvalue weighted by Gasteiger charge is -2.32. The fraction of sp³-hybridized carbons (Fsp3) is 0.444. The number of anilines is 1. The minimum Gasteiger partial charge on any atom is -0.448 e. The summed E-state index contributed by atoms with van der Waals surface area (Å²) < 4.78 is 10.6. The average Bonchev–Trinajstić information content (AvgIpc) is 3.42. The number of cyclic esters (lactones) is 1. The molecule has 0 unspecified atom stereocenters. The Kier molecular flexibility index (Phi) is 9.46. The van der Waals surface area contributed by atoms with E-state index in [1.807, 2.05) is 100 Å². The lowest BCUT2D eigenvalue weighted by atomic mass is 9.83. The van der Waals surface area contributed by atoms with Crippen molar-refractivity contribution in [1.82, 2.24) is 15.2 Å². The Bertz CT molecular complexity index is 1510. The van der Waals surface area contributed by atoms with E-state index < -0.39 is 17.2 Å². The van der Waals surface area contributed by atoms with Gasteiger partial charge >= 0.3 is 12.2 Å². The Morgan fingerprint density at radius 2 is 1.60 bits per heavy atom. The zero-order chi connectivity index (χ0) is 32.2. The number of carbonyl (C=O) groups is 3. The predicted octanol–water partition coefficient (Wildman–Crippen LogP) is 7.52. The fourth-order valence-corrected chi connectivity index (χ4v) is 6.16. The first kappa shape index (κ1) is 32.0. The second kappa shape index (κ2) is 13.3. The molecule has 3 aromatic rings. The molecule has 2 aliphatic rings. The summed E-state index contributed by atoms with van der Waals surface area (Å²) in [5.74, 6) is 0.734. The molecule has 2 N–H and O–H groups in total. The molecule has 0 bridgehead atoms. The van der Waals surface area contributed by atoms with Gasteiger partial charge < -0.3 is 25.0 Å². The minimum atomic E-state index is -0.644. The van der Waals surface area contributed by atoms with Gasteiger partial charge in [0.1, 0.15) is 18.0 Å². The maximum atomic E-state index is 13.1. The van der Waals surface area contributed by atoms with Gasteiger partial charge in [0.2, 0.25) is 5.91 Å². The highest BCUT2D eigenvalue weighted by Gasteiger charge is 2.33. The summed E-state index contributed by atoms with van der Waals surface area (Å²) in [6.45, 7) is 10.5. The van der Waals surface area contributed by atoms with Crippen LogP contribution >= 0.6 is 0 Å². The fourth-order valence-electron chi connectivity index (χ4n) is 6.16. The van der Waals surface area contributed by atoms with E-state index in [9.17, 15) is 14.4 Å². The lowest BCUT2D eigenvalue weighted by molar-refractivity contribution is -0.117. The average molecular weight is 613 g/mol. The number of pyridine rings is 1. The van der Waals surface area contributed by atoms with Gasteiger partial charge in [0.25, 0.3) is 0 Å². The number of ether oxygens (including phenoxy) is 2. The minimum absolute atomic E-state index is 0.0534. The van der Waals surface area contributed by atoms with Crippen molar-refractivity contribution in [2.24, 2.45) is 5.92 Å². The number of rotatable bonds is 8. The van der Waals surface area contributed by atoms with Gasteiger partial charge in [0.05, 0.1) is 12.1 Å². The number of alkyl carbamates (subject to hydrolysis) is 1. The highest BCUT2D eigenvalue weighted by atomic mass is 16.6. The molecular weight excluding hydrogens is 568 g/mol. The molecule has 2 fully saturated rings. The van der Waals surface area contributed by atoms with E-state index in [1.165, 1.54) is 0 Å². The van der Waals surface area contributed by atoms with E-state index in [4.69, 9.17) is 9.47 Å². The van der Waals surface area contributed by atoms with Gasteiger partial charge in [-0.15, -0.1) is 0 Å². The standard InChI is InChI=1S/C36H44N4O5/c1-35(2,3)45-33(42)39-36(4,5)27-15-13-26(14-16-27)30-23-37-31(22-29(30)25-9-7-6-8-10-25)38-32(41)21-24-11-17-28(18-12-24)40-19-20-44-34(40)43/h6-10,13-16,22-24,28H,11-12,17-21H2,1-5H3,(H,39,42)(H,37,38,41). The third-order valence-electron chi connectivity index (χ3n) is 8.51. The predicted molar refractivity (Wildman–Crippen MR) is 175 cm³/mol. The van der Waals surface area contributed by atoms with Crippen molar-refractivity contribution >= 4 is 23.9 Å². The zero-order valence-corrected chi connectivity index (χ0v) is 26.9. The molecule has 0 atom stereocenters. The van der Waals surface area contributed by atoms with E-state index in [0.29, 0.717) is 25.4 Å². The van der Waals surface area contributed by atoms with Gasteiger partial charge in [-0.25, -0.2) is 14.6 Å². The second-order valence-electron chi connectivity index (χ2n) is 13.5. The smallest absolute Gasteiger partial charge is 0.410 e. The van der Waals surface area contributed by atoms with Crippen molar-refractivity contribution in [1.29, 1.82) is 0 Å². The Morgan fingerprint density at radius 3 is 2.22 bits per heavy atom. The molecular formula is C36H44N4O5. The van der Waals surface area contributed by atoms with Crippen LogP contribution in [0.2, 0.25) is 0 Å². The van der Waals surface area contributed by atoms with Gasteiger partial charge in [-0.3, -0.25) is 4.79 Å². The molecule has 1 saturated heterocycles. The molecule has 1 aliphatic heterocycles. The Balaban J connectivity index is 1.28. The van der Waals surface area contributed by atoms with Crippen LogP contribution in [0.15, 0.2) is 66.9 Å². The highest BCUT2D eigenvalue weighted by Crippen LogP contribution is 2.35. The molecule has 0 radical (unpaired) electrons. The first-order chi connectivity index (χ1) is 21.4. The summed E-state index contributed by atoms with van der Waals surface area (Å²) in [4.78, 5) is 43.9. The summed E-state index contributed by atoms with van der Waals surface area (Å²) in [6, 6.07) is 20.2. The summed E-state index contributed by atoms with van der Waals surface area (Å²) in [7, 11) is 0. The van der Waals surface area contributed by atoms with Gasteiger partial charge in [-0.2, -0.15) is 0 Å². The maximum absolute atomic E-state index is 13.1. The molecule has 5 rings (SSSR count). The van der Waals surface area contributed by atoms with Gasteiger partial charge in [0.15, 0.2) is 0 Å². The van der Waals surface area contributed by atoms with Crippen LogP contribution in [0.1, 0.15) is 72.3 Å². The maximum Gasteiger partial charge on any atom is 0.410 e. The van der Waals surface area contributed by atoms with Gasteiger partial charge in [-0.1, -0.05) is 54.6 Å². The normalized spacial score (nSPS) is 18.7. The van der Waals surface area contributed by atoms with Crippen LogP contribution in [0, 0.1) is 5.92 Å². The molecule has 1 aromatic heterocycles. The number of hydrogen-bond donors (Lipinski definition) is 2. The van der Waals surface area contributed by atoms with Crippen molar-refractivity contribution in [3.05, 3.63) is 72.4 Å². The number of nitrogens with zero attached hydrogens (tertiary/aromatic N) is 2. The Hall–Kier alpha value is -4.40. The largest absolute Gasteiger partial charge is 0.448 e. The molecule has 9 nitrogen and oxygen atoms in total. The number of benzene rings is 2. The molecule has 2 heterocycles. The summed E-state index contributed by atoms with van der Waals surface area (Å²) in [5.41, 5.74) is 3.58. The molecule has 1 aliphatic carbocycles. The van der Waals surface area contributed by atoms with Crippen LogP contribution in [-0.2, 0) is 19.8 Å². The van der Waals surface area contributed by atoms with Crippen LogP contribution in [0.5, 0.6) is 0 Å². The number of hydrogen-bond acceptors (Lipinski definition) is 6. The number of amides is 3. The monoisotopic (exact) mass is 612 g/mol. The topological polar surface area (TPSA) is 110 Å². The first-order valence-electron chi connectivity index (χ1n) is 15.8. The quantitative estimate of drug-likeness (QED) is 0.272. The molecule has 45 heavy (non-hydrogen) atoms. The summed E-state index contributed by atoms with van der Waals surface area (Å²) in [5, 5.41) is 5.99. The summed E-state index contributed by atoms with van der Waals surface area (Å²) in [6.07, 6.45) is 5.15. The zero-order valence-electron chi connectivity index (χ0n) is 26.9. The van der Waals surface area contributed by atoms with Crippen molar-refractivity contribution in [2.75, 3.05) is 18.5 Å². The molecule has 1 saturated carbocycles. The van der Waals surface area contributed by atoms with Gasteiger partial charge in [-0.05, 0) is 94.5 Å². The van der Waals surface area contributed by atoms with E-state index in [0.717, 1.165) is 53.5 Å². The van der Waals surface area contributed by atoms with E-state index in [2.05, 4.69) is 15.6 Å². The molecule has 2 aromatic carbocycles. The molecule has 9 heteroatoms. The third kappa shape index (κ3) is 8.21. The van der Waals surface area contributed by atoms with E-state index >= 15 is 0 Å². The van der Waals surface area contributed by atoms with E-state index in [1.54, 1.807) is 6.20 Å². The van der Waals surface area contributed by atoms with Crippen molar-refractivity contribution in [3.63, 3.8) is 0 Å². The number of aromatic nitrogens is 1. The Morgan fingerprint density at radius 1 is 0.933 bits per heavy atom. The highest BCUT2D eigenvalue weighted by molar-refractivity contribution is 5.92. The number of carbonyl (C=O) groups excluding carboxylic acids is 3. The molecule has 238 valence electrons. The lowest BCUT2D eigenvalue weighted by Crippen LogP contribution is -2.43. The molecule has 3 amide bonds.